The van der Waals surface area contributed by atoms with Crippen molar-refractivity contribution in [1.82, 2.24) is 10.2 Å². The van der Waals surface area contributed by atoms with Crippen molar-refractivity contribution in [2.45, 2.75) is 19.4 Å². The van der Waals surface area contributed by atoms with E-state index < -0.39 is 6.10 Å². The second kappa shape index (κ2) is 6.30. The zero-order valence-corrected chi connectivity index (χ0v) is 12.8. The minimum atomic E-state index is -0.688. The first-order chi connectivity index (χ1) is 10.6. The van der Waals surface area contributed by atoms with Crippen molar-refractivity contribution in [1.29, 1.82) is 0 Å². The monoisotopic (exact) mass is 314 g/mol. The summed E-state index contributed by atoms with van der Waals surface area (Å²) in [5, 5.41) is 18.7. The largest absolute Gasteiger partial charge is 0.425 e. The Hall–Kier alpha value is -2.17. The van der Waals surface area contributed by atoms with E-state index in [1.807, 2.05) is 48.5 Å². The number of halogens is 1. The third kappa shape index (κ3) is 3.35. The number of aliphatic hydroxyl groups excluding tert-OH is 1. The molecule has 0 radical (unpaired) electrons. The van der Waals surface area contributed by atoms with Gasteiger partial charge in [0.15, 0.2) is 0 Å². The van der Waals surface area contributed by atoms with Crippen molar-refractivity contribution < 1.29 is 9.52 Å². The maximum absolute atomic E-state index is 10.3. The lowest BCUT2D eigenvalue weighted by atomic mass is 9.99. The first kappa shape index (κ1) is 14.8. The van der Waals surface area contributed by atoms with Gasteiger partial charge in [-0.15, -0.1) is 10.2 Å². The molecule has 0 spiro atoms. The third-order valence-corrected chi connectivity index (χ3v) is 3.64. The Morgan fingerprint density at radius 2 is 1.86 bits per heavy atom. The van der Waals surface area contributed by atoms with Gasteiger partial charge in [-0.1, -0.05) is 41.9 Å². The maximum Gasteiger partial charge on any atom is 0.219 e. The van der Waals surface area contributed by atoms with Gasteiger partial charge in [-0.3, -0.25) is 0 Å². The molecular weight excluding hydrogens is 300 g/mol. The van der Waals surface area contributed by atoms with E-state index in [1.165, 1.54) is 0 Å². The zero-order valence-electron chi connectivity index (χ0n) is 12.0. The number of hydrogen-bond acceptors (Lipinski definition) is 4. The lowest BCUT2D eigenvalue weighted by molar-refractivity contribution is 0.168. The second-order valence-corrected chi connectivity index (χ2v) is 5.50. The van der Waals surface area contributed by atoms with Crippen LogP contribution in [0.5, 0.6) is 0 Å². The van der Waals surface area contributed by atoms with E-state index in [4.69, 9.17) is 16.0 Å². The molecule has 1 unspecified atom stereocenters. The van der Waals surface area contributed by atoms with Gasteiger partial charge in [0, 0.05) is 11.9 Å². The standard InChI is InChI=1S/C17H15ClN2O2/c1-11-19-20-17(22-11)10-16(21)14-4-2-3-13(9-14)12-5-7-15(18)8-6-12/h2-9,16,21H,10H2,1H3. The predicted octanol–water partition coefficient (Wildman–Crippen LogP) is 3.97. The van der Waals surface area contributed by atoms with Crippen molar-refractivity contribution >= 4 is 11.6 Å². The Morgan fingerprint density at radius 3 is 2.55 bits per heavy atom. The van der Waals surface area contributed by atoms with Gasteiger partial charge >= 0.3 is 0 Å². The highest BCUT2D eigenvalue weighted by molar-refractivity contribution is 6.30. The molecule has 22 heavy (non-hydrogen) atoms. The molecule has 0 aliphatic heterocycles. The minimum Gasteiger partial charge on any atom is -0.425 e. The third-order valence-electron chi connectivity index (χ3n) is 3.38. The quantitative estimate of drug-likeness (QED) is 0.791. The maximum atomic E-state index is 10.3. The molecule has 112 valence electrons. The summed E-state index contributed by atoms with van der Waals surface area (Å²) < 4.78 is 5.31. The molecule has 0 saturated heterocycles. The Balaban J connectivity index is 1.82. The van der Waals surface area contributed by atoms with Gasteiger partial charge in [0.25, 0.3) is 0 Å². The zero-order chi connectivity index (χ0) is 15.5. The van der Waals surface area contributed by atoms with Gasteiger partial charge in [-0.05, 0) is 34.9 Å². The van der Waals surface area contributed by atoms with Crippen LogP contribution in [-0.2, 0) is 6.42 Å². The molecule has 0 fully saturated rings. The van der Waals surface area contributed by atoms with Gasteiger partial charge in [-0.25, -0.2) is 0 Å². The number of hydrogen-bond donors (Lipinski definition) is 1. The molecule has 4 nitrogen and oxygen atoms in total. The van der Waals surface area contributed by atoms with E-state index in [0.29, 0.717) is 23.2 Å². The van der Waals surface area contributed by atoms with Crippen LogP contribution >= 0.6 is 11.6 Å². The van der Waals surface area contributed by atoms with Crippen LogP contribution in [0.15, 0.2) is 52.9 Å². The van der Waals surface area contributed by atoms with Crippen molar-refractivity contribution in [2.75, 3.05) is 0 Å². The Labute approximate surface area is 133 Å². The Kier molecular flexibility index (Phi) is 4.22. The summed E-state index contributed by atoms with van der Waals surface area (Å²) in [6, 6.07) is 15.4. The van der Waals surface area contributed by atoms with E-state index in [-0.39, 0.29) is 0 Å². The lowest BCUT2D eigenvalue weighted by Gasteiger charge is -2.10. The molecule has 0 saturated carbocycles. The summed E-state index contributed by atoms with van der Waals surface area (Å²) in [6.45, 7) is 1.73. The van der Waals surface area contributed by atoms with Gasteiger partial charge < -0.3 is 9.52 Å². The fraction of sp³-hybridized carbons (Fsp3) is 0.176. The number of rotatable bonds is 4. The van der Waals surface area contributed by atoms with Gasteiger partial charge in [0.2, 0.25) is 11.8 Å². The fourth-order valence-corrected chi connectivity index (χ4v) is 2.40. The topological polar surface area (TPSA) is 59.2 Å². The normalized spacial score (nSPS) is 12.3. The molecule has 0 aliphatic carbocycles. The molecule has 0 amide bonds. The minimum absolute atomic E-state index is 0.297. The molecule has 2 aromatic carbocycles. The Morgan fingerprint density at radius 1 is 1.09 bits per heavy atom. The fourth-order valence-electron chi connectivity index (χ4n) is 2.27. The first-order valence-electron chi connectivity index (χ1n) is 6.95. The van der Waals surface area contributed by atoms with E-state index in [2.05, 4.69) is 10.2 Å². The second-order valence-electron chi connectivity index (χ2n) is 5.07. The summed E-state index contributed by atoms with van der Waals surface area (Å²) in [5.74, 6) is 0.930. The molecule has 1 aromatic heterocycles. The van der Waals surface area contributed by atoms with Crippen molar-refractivity contribution in [3.05, 3.63) is 70.9 Å². The molecule has 5 heteroatoms. The highest BCUT2D eigenvalue weighted by atomic mass is 35.5. The first-order valence-corrected chi connectivity index (χ1v) is 7.32. The van der Waals surface area contributed by atoms with Crippen LogP contribution in [0.25, 0.3) is 11.1 Å². The van der Waals surface area contributed by atoms with Crippen LogP contribution in [0, 0.1) is 6.92 Å². The van der Waals surface area contributed by atoms with Crippen LogP contribution in [0.4, 0.5) is 0 Å². The average molecular weight is 315 g/mol. The van der Waals surface area contributed by atoms with Crippen molar-refractivity contribution in [3.63, 3.8) is 0 Å². The van der Waals surface area contributed by atoms with E-state index >= 15 is 0 Å². The summed E-state index contributed by atoms with van der Waals surface area (Å²) >= 11 is 5.91. The van der Waals surface area contributed by atoms with Crippen LogP contribution in [-0.4, -0.2) is 15.3 Å². The van der Waals surface area contributed by atoms with Crippen LogP contribution < -0.4 is 0 Å². The Bertz CT molecular complexity index is 768. The molecule has 0 aliphatic rings. The van der Waals surface area contributed by atoms with Gasteiger partial charge in [0.05, 0.1) is 12.5 Å². The number of aliphatic hydroxyl groups is 1. The van der Waals surface area contributed by atoms with Gasteiger partial charge in [-0.2, -0.15) is 0 Å². The summed E-state index contributed by atoms with van der Waals surface area (Å²) in [4.78, 5) is 0. The predicted molar refractivity (Wildman–Crippen MR) is 84.6 cm³/mol. The van der Waals surface area contributed by atoms with Crippen LogP contribution in [0.3, 0.4) is 0 Å². The highest BCUT2D eigenvalue weighted by Gasteiger charge is 2.13. The SMILES string of the molecule is Cc1nnc(CC(O)c2cccc(-c3ccc(Cl)cc3)c2)o1. The molecule has 0 bridgehead atoms. The smallest absolute Gasteiger partial charge is 0.219 e. The van der Waals surface area contributed by atoms with E-state index in [1.54, 1.807) is 6.92 Å². The van der Waals surface area contributed by atoms with E-state index in [9.17, 15) is 5.11 Å². The lowest BCUT2D eigenvalue weighted by Crippen LogP contribution is -2.02. The molecule has 3 rings (SSSR count). The molecule has 3 aromatic rings. The summed E-state index contributed by atoms with van der Waals surface area (Å²) in [6.07, 6.45) is -0.391. The van der Waals surface area contributed by atoms with Gasteiger partial charge in [0.1, 0.15) is 0 Å². The molecule has 1 N–H and O–H groups in total. The van der Waals surface area contributed by atoms with Crippen molar-refractivity contribution in [2.24, 2.45) is 0 Å². The number of aryl methyl sites for hydroxylation is 1. The number of aromatic nitrogens is 2. The number of benzene rings is 2. The summed E-state index contributed by atoms with van der Waals surface area (Å²) in [5.41, 5.74) is 2.88. The van der Waals surface area contributed by atoms with Crippen LogP contribution in [0.2, 0.25) is 5.02 Å². The van der Waals surface area contributed by atoms with Crippen molar-refractivity contribution in [3.8, 4) is 11.1 Å². The number of nitrogens with zero attached hydrogens (tertiary/aromatic N) is 2. The van der Waals surface area contributed by atoms with E-state index in [0.717, 1.165) is 16.7 Å². The molecule has 1 atom stereocenters. The molecular formula is C17H15ClN2O2. The van der Waals surface area contributed by atoms with Crippen LogP contribution in [0.1, 0.15) is 23.4 Å². The molecule has 1 heterocycles. The average Bonchev–Trinajstić information content (AvgIpc) is 2.93. The summed E-state index contributed by atoms with van der Waals surface area (Å²) in [7, 11) is 0. The highest BCUT2D eigenvalue weighted by Crippen LogP contribution is 2.26.